The van der Waals surface area contributed by atoms with Gasteiger partial charge in [-0.3, -0.25) is 0 Å². The highest BCUT2D eigenvalue weighted by Crippen LogP contribution is 2.35. The molecule has 0 aliphatic heterocycles. The molecule has 0 aliphatic rings. The van der Waals surface area contributed by atoms with E-state index >= 15 is 0 Å². The van der Waals surface area contributed by atoms with Crippen LogP contribution in [0.1, 0.15) is 12.5 Å². The first-order valence-electron chi connectivity index (χ1n) is 5.93. The van der Waals surface area contributed by atoms with Crippen molar-refractivity contribution < 1.29 is 9.09 Å². The highest BCUT2D eigenvalue weighted by Gasteiger charge is 2.11. The quantitative estimate of drug-likeness (QED) is 0.602. The highest BCUT2D eigenvalue weighted by molar-refractivity contribution is 7.17. The fourth-order valence-corrected chi connectivity index (χ4v) is 2.19. The van der Waals surface area contributed by atoms with Crippen LogP contribution in [-0.2, 0) is 11.0 Å². The Hall–Kier alpha value is -2.10. The second-order valence-corrected chi connectivity index (χ2v) is 4.26. The van der Waals surface area contributed by atoms with Crippen LogP contribution in [0.4, 0.5) is 0 Å². The zero-order chi connectivity index (χ0) is 13.5. The molecule has 2 aromatic carbocycles. The van der Waals surface area contributed by atoms with Crippen LogP contribution in [0.3, 0.4) is 0 Å². The molecule has 0 atom stereocenters. The smallest absolute Gasteiger partial charge is 0.395 e. The molecule has 0 saturated carbocycles. The van der Waals surface area contributed by atoms with Crippen molar-refractivity contribution in [2.75, 3.05) is 0 Å². The third kappa shape index (κ3) is 3.22. The summed E-state index contributed by atoms with van der Waals surface area (Å²) in [7, 11) is -0.350. The fourth-order valence-electron chi connectivity index (χ4n) is 1.96. The molecule has 0 fully saturated rings. The van der Waals surface area contributed by atoms with Gasteiger partial charge in [0.1, 0.15) is 5.75 Å². The van der Waals surface area contributed by atoms with E-state index < -0.39 is 0 Å². The van der Waals surface area contributed by atoms with Gasteiger partial charge >= 0.3 is 8.69 Å². The highest BCUT2D eigenvalue weighted by atomic mass is 31.1. The molecule has 0 radical (unpaired) electrons. The minimum absolute atomic E-state index is 0.350. The Morgan fingerprint density at radius 3 is 2.58 bits per heavy atom. The van der Waals surface area contributed by atoms with Crippen LogP contribution >= 0.6 is 8.69 Å². The molecule has 0 heterocycles. The Bertz CT molecular complexity index is 624. The topological polar surface area (TPSA) is 26.3 Å². The predicted octanol–water partition coefficient (Wildman–Crippen LogP) is 4.50. The average Bonchev–Trinajstić information content (AvgIpc) is 2.46. The van der Waals surface area contributed by atoms with Crippen LogP contribution < -0.4 is 4.52 Å². The van der Waals surface area contributed by atoms with E-state index in [1.807, 2.05) is 55.5 Å². The van der Waals surface area contributed by atoms with E-state index in [1.165, 1.54) is 0 Å². The normalized spacial score (nSPS) is 9.74. The van der Waals surface area contributed by atoms with Crippen LogP contribution in [0, 0.1) is 11.8 Å². The summed E-state index contributed by atoms with van der Waals surface area (Å²) in [5.74, 6) is 6.56. The van der Waals surface area contributed by atoms with Crippen LogP contribution in [0.2, 0.25) is 0 Å². The zero-order valence-electron chi connectivity index (χ0n) is 10.6. The Morgan fingerprint density at radius 2 is 1.89 bits per heavy atom. The number of hydrogen-bond acceptors (Lipinski definition) is 2. The Morgan fingerprint density at radius 1 is 1.11 bits per heavy atom. The van der Waals surface area contributed by atoms with E-state index in [1.54, 1.807) is 0 Å². The van der Waals surface area contributed by atoms with Gasteiger partial charge in [0.25, 0.3) is 0 Å². The van der Waals surface area contributed by atoms with Crippen molar-refractivity contribution in [3.05, 3.63) is 54.1 Å². The Balaban J connectivity index is 2.57. The summed E-state index contributed by atoms with van der Waals surface area (Å²) in [6, 6.07) is 15.6. The standard InChI is InChI=1S/C16H13O2P/c1-2-3-8-13-11-7-12-15(18-19-17)16(13)14-9-5-4-6-10-14/h4-7,9-12H,8H2,1H3. The van der Waals surface area contributed by atoms with Gasteiger partial charge in [-0.1, -0.05) is 48.4 Å². The lowest BCUT2D eigenvalue weighted by Gasteiger charge is -2.11. The lowest BCUT2D eigenvalue weighted by molar-refractivity contribution is 0.526. The molecule has 2 aromatic rings. The monoisotopic (exact) mass is 268 g/mol. The van der Waals surface area contributed by atoms with Gasteiger partial charge in [-0.25, -0.2) is 4.57 Å². The van der Waals surface area contributed by atoms with Crippen molar-refractivity contribution in [1.29, 1.82) is 0 Å². The van der Waals surface area contributed by atoms with E-state index in [2.05, 4.69) is 11.8 Å². The summed E-state index contributed by atoms with van der Waals surface area (Å²) in [4.78, 5) is 0. The van der Waals surface area contributed by atoms with Crippen LogP contribution in [0.15, 0.2) is 48.5 Å². The maximum Gasteiger partial charge on any atom is 0.395 e. The maximum atomic E-state index is 10.7. The van der Waals surface area contributed by atoms with Gasteiger partial charge in [0.05, 0.1) is 0 Å². The number of benzene rings is 2. The van der Waals surface area contributed by atoms with Crippen molar-refractivity contribution in [2.24, 2.45) is 0 Å². The molecule has 0 N–H and O–H groups in total. The molecule has 0 spiro atoms. The molecule has 3 heteroatoms. The summed E-state index contributed by atoms with van der Waals surface area (Å²) < 4.78 is 15.9. The van der Waals surface area contributed by atoms with Crippen molar-refractivity contribution in [2.45, 2.75) is 13.3 Å². The fraction of sp³-hybridized carbons (Fsp3) is 0.125. The maximum absolute atomic E-state index is 10.7. The second kappa shape index (κ2) is 6.73. The van der Waals surface area contributed by atoms with Crippen molar-refractivity contribution in [1.82, 2.24) is 0 Å². The van der Waals surface area contributed by atoms with Crippen LogP contribution in [-0.4, -0.2) is 0 Å². The first kappa shape index (κ1) is 13.3. The number of rotatable bonds is 4. The van der Waals surface area contributed by atoms with Gasteiger partial charge in [0.2, 0.25) is 0 Å². The third-order valence-electron chi connectivity index (χ3n) is 2.77. The first-order valence-corrected chi connectivity index (χ1v) is 6.66. The van der Waals surface area contributed by atoms with E-state index in [0.29, 0.717) is 12.2 Å². The summed E-state index contributed by atoms with van der Waals surface area (Å²) in [5, 5.41) is 0. The lowest BCUT2D eigenvalue weighted by Crippen LogP contribution is -1.91. The third-order valence-corrected chi connectivity index (χ3v) is 3.04. The minimum Gasteiger partial charge on any atom is -0.407 e. The first-order chi connectivity index (χ1) is 9.36. The largest absolute Gasteiger partial charge is 0.407 e. The molecule has 0 amide bonds. The van der Waals surface area contributed by atoms with E-state index in [9.17, 15) is 4.57 Å². The second-order valence-electron chi connectivity index (χ2n) is 3.93. The molecule has 0 aliphatic carbocycles. The number of hydrogen-bond donors (Lipinski definition) is 0. The molecular formula is C16H13O2P. The molecule has 0 bridgehead atoms. The summed E-state index contributed by atoms with van der Waals surface area (Å²) >= 11 is 0. The Labute approximate surface area is 114 Å². The molecule has 0 unspecified atom stereocenters. The molecule has 94 valence electrons. The molecule has 2 nitrogen and oxygen atoms in total. The van der Waals surface area contributed by atoms with Gasteiger partial charge in [0.15, 0.2) is 0 Å². The molecular weight excluding hydrogens is 255 g/mol. The van der Waals surface area contributed by atoms with Crippen molar-refractivity contribution in [3.63, 3.8) is 0 Å². The predicted molar refractivity (Wildman–Crippen MR) is 77.3 cm³/mol. The molecule has 2 rings (SSSR count). The molecule has 0 aromatic heterocycles. The van der Waals surface area contributed by atoms with Crippen LogP contribution in [0.5, 0.6) is 5.75 Å². The SMILES string of the molecule is CC#CCc1cccc(OP=O)c1-c1ccccc1. The van der Waals surface area contributed by atoms with E-state index in [-0.39, 0.29) is 8.69 Å². The van der Waals surface area contributed by atoms with E-state index in [0.717, 1.165) is 16.7 Å². The summed E-state index contributed by atoms with van der Waals surface area (Å²) in [6.07, 6.45) is 0.647. The Kier molecular flexibility index (Phi) is 4.72. The van der Waals surface area contributed by atoms with Crippen molar-refractivity contribution >= 4 is 8.69 Å². The average molecular weight is 268 g/mol. The van der Waals surface area contributed by atoms with Gasteiger partial charge in [-0.2, -0.15) is 0 Å². The van der Waals surface area contributed by atoms with Gasteiger partial charge < -0.3 is 4.52 Å². The van der Waals surface area contributed by atoms with E-state index in [4.69, 9.17) is 4.52 Å². The van der Waals surface area contributed by atoms with Gasteiger partial charge in [-0.05, 0) is 24.1 Å². The van der Waals surface area contributed by atoms with Crippen molar-refractivity contribution in [3.8, 4) is 28.7 Å². The summed E-state index contributed by atoms with van der Waals surface area (Å²) in [6.45, 7) is 1.82. The molecule has 19 heavy (non-hydrogen) atoms. The van der Waals surface area contributed by atoms with Gasteiger partial charge in [0, 0.05) is 12.0 Å². The van der Waals surface area contributed by atoms with Gasteiger partial charge in [-0.15, -0.1) is 5.92 Å². The minimum atomic E-state index is -0.350. The summed E-state index contributed by atoms with van der Waals surface area (Å²) in [5.41, 5.74) is 3.06. The lowest BCUT2D eigenvalue weighted by atomic mass is 9.97. The van der Waals surface area contributed by atoms with Crippen LogP contribution in [0.25, 0.3) is 11.1 Å². The zero-order valence-corrected chi connectivity index (χ0v) is 11.5. The molecule has 0 saturated heterocycles.